The number of hydrogen-bond acceptors (Lipinski definition) is 2. The van der Waals surface area contributed by atoms with E-state index in [4.69, 9.17) is 5.73 Å². The molecule has 2 heteroatoms. The van der Waals surface area contributed by atoms with Crippen molar-refractivity contribution < 1.29 is 0 Å². The maximum atomic E-state index is 5.99. The highest BCUT2D eigenvalue weighted by atomic mass is 15.0. The fourth-order valence-corrected chi connectivity index (χ4v) is 3.57. The van der Waals surface area contributed by atoms with E-state index >= 15 is 0 Å². The lowest BCUT2D eigenvalue weighted by molar-refractivity contribution is 0.339. The van der Waals surface area contributed by atoms with Crippen LogP contribution in [0.15, 0.2) is 24.3 Å². The van der Waals surface area contributed by atoms with Gasteiger partial charge in [0, 0.05) is 24.0 Å². The molecule has 3 rings (SSSR count). The van der Waals surface area contributed by atoms with E-state index in [0.29, 0.717) is 18.1 Å². The minimum absolute atomic E-state index is 0.243. The van der Waals surface area contributed by atoms with Crippen molar-refractivity contribution in [2.24, 2.45) is 5.73 Å². The Labute approximate surface area is 129 Å². The summed E-state index contributed by atoms with van der Waals surface area (Å²) in [7, 11) is 0. The molecule has 0 radical (unpaired) electrons. The van der Waals surface area contributed by atoms with E-state index < -0.39 is 0 Å². The molecule has 2 saturated carbocycles. The van der Waals surface area contributed by atoms with E-state index in [2.05, 4.69) is 50.4 Å². The Morgan fingerprint density at radius 2 is 1.81 bits per heavy atom. The molecular weight excluding hydrogens is 256 g/mol. The Kier molecular flexibility index (Phi) is 4.11. The van der Waals surface area contributed by atoms with E-state index in [-0.39, 0.29) is 5.41 Å². The van der Waals surface area contributed by atoms with Crippen molar-refractivity contribution in [1.29, 1.82) is 0 Å². The van der Waals surface area contributed by atoms with Crippen molar-refractivity contribution >= 4 is 0 Å². The molecule has 2 aliphatic rings. The van der Waals surface area contributed by atoms with Crippen molar-refractivity contribution in [3.63, 3.8) is 0 Å². The first-order valence-corrected chi connectivity index (χ1v) is 8.55. The van der Waals surface area contributed by atoms with Crippen LogP contribution in [-0.4, -0.2) is 18.1 Å². The largest absolute Gasteiger partial charge is 0.328 e. The van der Waals surface area contributed by atoms with Crippen LogP contribution in [0, 0.1) is 0 Å². The number of hydrogen-bond donors (Lipinski definition) is 2. The fraction of sp³-hybridized carbons (Fsp3) is 0.684. The first-order chi connectivity index (χ1) is 9.93. The van der Waals surface area contributed by atoms with Gasteiger partial charge >= 0.3 is 0 Å². The van der Waals surface area contributed by atoms with Gasteiger partial charge < -0.3 is 11.1 Å². The molecule has 0 unspecified atom stereocenters. The molecule has 0 amide bonds. The van der Waals surface area contributed by atoms with Crippen molar-refractivity contribution in [1.82, 2.24) is 5.32 Å². The Morgan fingerprint density at radius 3 is 2.48 bits per heavy atom. The zero-order valence-electron chi connectivity index (χ0n) is 13.7. The molecule has 1 aromatic rings. The second kappa shape index (κ2) is 5.73. The highest BCUT2D eigenvalue weighted by molar-refractivity contribution is 5.35. The van der Waals surface area contributed by atoms with Gasteiger partial charge in [0.25, 0.3) is 0 Å². The summed E-state index contributed by atoms with van der Waals surface area (Å²) in [5.41, 5.74) is 9.21. The molecule has 0 aromatic heterocycles. The number of benzene rings is 1. The van der Waals surface area contributed by atoms with Gasteiger partial charge in [0.05, 0.1) is 0 Å². The molecule has 0 bridgehead atoms. The van der Waals surface area contributed by atoms with Gasteiger partial charge in [-0.25, -0.2) is 0 Å². The van der Waals surface area contributed by atoms with Gasteiger partial charge in [-0.15, -0.1) is 0 Å². The first kappa shape index (κ1) is 15.1. The third-order valence-electron chi connectivity index (χ3n) is 5.19. The molecular formula is C19H30N2. The van der Waals surface area contributed by atoms with E-state index in [1.807, 2.05) is 0 Å². The maximum Gasteiger partial charge on any atom is 0.0145 e. The number of nitrogens with two attached hydrogens (primary N) is 1. The van der Waals surface area contributed by atoms with Gasteiger partial charge in [-0.05, 0) is 48.6 Å². The van der Waals surface area contributed by atoms with Crippen molar-refractivity contribution in [2.45, 2.75) is 82.3 Å². The van der Waals surface area contributed by atoms with Crippen molar-refractivity contribution in [3.8, 4) is 0 Å². The monoisotopic (exact) mass is 286 g/mol. The van der Waals surface area contributed by atoms with Crippen molar-refractivity contribution in [2.75, 3.05) is 0 Å². The Hall–Kier alpha value is -0.860. The molecule has 2 atom stereocenters. The standard InChI is InChI=1S/C19H30N2/c1-19(2,3)14-6-4-5-13(11-14)17-12-18(17)21-16-9-7-15(20)8-10-16/h4-6,11,15-18,21H,7-10,12,20H2,1-3H3/t15?,16?,17-,18+/m0/s1. The average Bonchev–Trinajstić information content (AvgIpc) is 3.20. The van der Waals surface area contributed by atoms with E-state index in [1.165, 1.54) is 43.2 Å². The van der Waals surface area contributed by atoms with Gasteiger partial charge in [-0.1, -0.05) is 45.0 Å². The van der Waals surface area contributed by atoms with E-state index in [1.54, 1.807) is 0 Å². The molecule has 1 aromatic carbocycles. The van der Waals surface area contributed by atoms with E-state index in [9.17, 15) is 0 Å². The molecule has 116 valence electrons. The summed E-state index contributed by atoms with van der Waals surface area (Å²) < 4.78 is 0. The fourth-order valence-electron chi connectivity index (χ4n) is 3.57. The van der Waals surface area contributed by atoms with Crippen LogP contribution in [0.3, 0.4) is 0 Å². The second-order valence-electron chi connectivity index (χ2n) is 8.10. The molecule has 0 spiro atoms. The predicted molar refractivity (Wildman–Crippen MR) is 89.7 cm³/mol. The summed E-state index contributed by atoms with van der Waals surface area (Å²) in [6.07, 6.45) is 6.19. The molecule has 0 heterocycles. The lowest BCUT2D eigenvalue weighted by Crippen LogP contribution is -2.38. The summed E-state index contributed by atoms with van der Waals surface area (Å²) in [5, 5.41) is 3.86. The van der Waals surface area contributed by atoms with Gasteiger partial charge in [0.15, 0.2) is 0 Å². The summed E-state index contributed by atoms with van der Waals surface area (Å²) in [4.78, 5) is 0. The minimum Gasteiger partial charge on any atom is -0.328 e. The van der Waals surface area contributed by atoms with Crippen molar-refractivity contribution in [3.05, 3.63) is 35.4 Å². The van der Waals surface area contributed by atoms with Crippen LogP contribution in [0.5, 0.6) is 0 Å². The van der Waals surface area contributed by atoms with Crippen LogP contribution in [0.4, 0.5) is 0 Å². The molecule has 2 aliphatic carbocycles. The van der Waals surface area contributed by atoms with Gasteiger partial charge in [0.2, 0.25) is 0 Å². The van der Waals surface area contributed by atoms with Crippen LogP contribution >= 0.6 is 0 Å². The smallest absolute Gasteiger partial charge is 0.0145 e. The quantitative estimate of drug-likeness (QED) is 0.889. The predicted octanol–water partition coefficient (Wildman–Crippen LogP) is 3.70. The third kappa shape index (κ3) is 3.67. The topological polar surface area (TPSA) is 38.0 Å². The van der Waals surface area contributed by atoms with Crippen LogP contribution in [0.2, 0.25) is 0 Å². The molecule has 21 heavy (non-hydrogen) atoms. The molecule has 0 aliphatic heterocycles. The highest BCUT2D eigenvalue weighted by Crippen LogP contribution is 2.42. The lowest BCUT2D eigenvalue weighted by Gasteiger charge is -2.27. The first-order valence-electron chi connectivity index (χ1n) is 8.55. The van der Waals surface area contributed by atoms with Crippen LogP contribution in [-0.2, 0) is 5.41 Å². The SMILES string of the molecule is CC(C)(C)c1cccc([C@@H]2C[C@H]2NC2CCC(N)CC2)c1. The number of rotatable bonds is 3. The number of nitrogens with one attached hydrogen (secondary N) is 1. The Bertz CT molecular complexity index is 481. The van der Waals surface area contributed by atoms with E-state index in [0.717, 1.165) is 5.92 Å². The summed E-state index contributed by atoms with van der Waals surface area (Å²) in [5.74, 6) is 0.725. The maximum absolute atomic E-state index is 5.99. The van der Waals surface area contributed by atoms with Crippen LogP contribution in [0.1, 0.15) is 69.9 Å². The molecule has 2 nitrogen and oxygen atoms in total. The minimum atomic E-state index is 0.243. The highest BCUT2D eigenvalue weighted by Gasteiger charge is 2.40. The normalized spacial score (nSPS) is 33.0. The average molecular weight is 286 g/mol. The molecule has 2 fully saturated rings. The summed E-state index contributed by atoms with van der Waals surface area (Å²) in [6.45, 7) is 6.88. The zero-order valence-corrected chi connectivity index (χ0v) is 13.7. The zero-order chi connectivity index (χ0) is 15.0. The summed E-state index contributed by atoms with van der Waals surface area (Å²) >= 11 is 0. The molecule has 3 N–H and O–H groups in total. The summed E-state index contributed by atoms with van der Waals surface area (Å²) in [6, 6.07) is 11.1. The van der Waals surface area contributed by atoms with Crippen LogP contribution < -0.4 is 11.1 Å². The lowest BCUT2D eigenvalue weighted by atomic mass is 9.86. The third-order valence-corrected chi connectivity index (χ3v) is 5.19. The van der Waals surface area contributed by atoms with Crippen LogP contribution in [0.25, 0.3) is 0 Å². The molecule has 0 saturated heterocycles. The second-order valence-corrected chi connectivity index (χ2v) is 8.10. The Balaban J connectivity index is 1.58. The Morgan fingerprint density at radius 1 is 1.10 bits per heavy atom. The van der Waals surface area contributed by atoms with Gasteiger partial charge in [-0.2, -0.15) is 0 Å². The van der Waals surface area contributed by atoms with Gasteiger partial charge in [-0.3, -0.25) is 0 Å². The van der Waals surface area contributed by atoms with Gasteiger partial charge in [0.1, 0.15) is 0 Å².